The van der Waals surface area contributed by atoms with Gasteiger partial charge in [-0.1, -0.05) is 73.2 Å². The molecule has 202 valence electrons. The molecule has 0 bridgehead atoms. The number of anilines is 1. The Morgan fingerprint density at radius 2 is 1.82 bits per heavy atom. The van der Waals surface area contributed by atoms with E-state index >= 15 is 0 Å². The van der Waals surface area contributed by atoms with E-state index in [9.17, 15) is 19.5 Å². The van der Waals surface area contributed by atoms with Crippen molar-refractivity contribution in [3.05, 3.63) is 93.7 Å². The van der Waals surface area contributed by atoms with Gasteiger partial charge in [-0.25, -0.2) is 9.78 Å². The molecule has 1 aromatic heterocycles. The van der Waals surface area contributed by atoms with E-state index in [0.29, 0.717) is 23.6 Å². The second kappa shape index (κ2) is 12.5. The number of ketones is 1. The summed E-state index contributed by atoms with van der Waals surface area (Å²) in [5.74, 6) is -1.84. The molecule has 9 heteroatoms. The van der Waals surface area contributed by atoms with Gasteiger partial charge in [0.2, 0.25) is 0 Å². The van der Waals surface area contributed by atoms with Gasteiger partial charge in [-0.15, -0.1) is 0 Å². The molecule has 1 aliphatic heterocycles. The van der Waals surface area contributed by atoms with E-state index in [1.165, 1.54) is 11.0 Å². The number of aliphatic hydroxyl groups excluding tert-OH is 1. The lowest BCUT2D eigenvalue weighted by Crippen LogP contribution is -2.30. The molecule has 1 aliphatic rings. The number of unbranched alkanes of at least 4 members (excludes halogenated alkanes) is 1. The number of nitrogens with zero attached hydrogens (tertiary/aromatic N) is 2. The highest BCUT2D eigenvalue weighted by Gasteiger charge is 2.45. The maximum Gasteiger partial charge on any atom is 0.350 e. The summed E-state index contributed by atoms with van der Waals surface area (Å²) in [7, 11) is 0. The molecule has 1 unspecified atom stereocenters. The summed E-state index contributed by atoms with van der Waals surface area (Å²) in [5.41, 5.74) is 1.70. The molecular weight excluding hydrogens is 516 g/mol. The zero-order valence-electron chi connectivity index (χ0n) is 22.0. The Morgan fingerprint density at radius 1 is 1.10 bits per heavy atom. The lowest BCUT2D eigenvalue weighted by Gasteiger charge is -2.24. The largest absolute Gasteiger partial charge is 0.503 e. The molecule has 4 rings (SSSR count). The number of aryl methyl sites for hydroxylation is 1. The fourth-order valence-electron chi connectivity index (χ4n) is 4.15. The number of aliphatic hydroxyl groups is 1. The van der Waals surface area contributed by atoms with Crippen LogP contribution in [0.1, 0.15) is 59.2 Å². The van der Waals surface area contributed by atoms with Crippen LogP contribution in [0.2, 0.25) is 0 Å². The Morgan fingerprint density at radius 3 is 2.49 bits per heavy atom. The maximum atomic E-state index is 13.4. The minimum atomic E-state index is -0.962. The number of allylic oxidation sites excluding steroid dienone is 1. The number of esters is 1. The molecular formula is C30H30N2O6S. The number of carbonyl (C=O) groups is 3. The van der Waals surface area contributed by atoms with Crippen LogP contribution in [0.15, 0.2) is 72.0 Å². The van der Waals surface area contributed by atoms with Gasteiger partial charge in [-0.3, -0.25) is 14.5 Å². The van der Waals surface area contributed by atoms with Gasteiger partial charge in [0.05, 0.1) is 30.5 Å². The third-order valence-corrected chi connectivity index (χ3v) is 7.25. The van der Waals surface area contributed by atoms with Crippen molar-refractivity contribution in [2.24, 2.45) is 0 Å². The van der Waals surface area contributed by atoms with Crippen molar-refractivity contribution in [1.82, 2.24) is 4.98 Å². The Labute approximate surface area is 231 Å². The molecule has 39 heavy (non-hydrogen) atoms. The second-order valence-electron chi connectivity index (χ2n) is 8.85. The van der Waals surface area contributed by atoms with Crippen molar-refractivity contribution in [3.63, 3.8) is 0 Å². The minimum absolute atomic E-state index is 0.0719. The summed E-state index contributed by atoms with van der Waals surface area (Å²) in [6.45, 7) is 6.20. The van der Waals surface area contributed by atoms with E-state index in [1.54, 1.807) is 44.2 Å². The van der Waals surface area contributed by atoms with Gasteiger partial charge in [-0.2, -0.15) is 0 Å². The molecule has 1 amide bonds. The molecule has 0 radical (unpaired) electrons. The van der Waals surface area contributed by atoms with Crippen LogP contribution in [-0.2, 0) is 14.3 Å². The first kappa shape index (κ1) is 27.8. The zero-order valence-corrected chi connectivity index (χ0v) is 22.9. The number of aromatic nitrogens is 1. The summed E-state index contributed by atoms with van der Waals surface area (Å²) < 4.78 is 10.9. The molecule has 2 heterocycles. The van der Waals surface area contributed by atoms with Gasteiger partial charge < -0.3 is 14.6 Å². The molecule has 1 atom stereocenters. The first-order chi connectivity index (χ1) is 18.8. The molecule has 0 aliphatic carbocycles. The third-order valence-electron chi connectivity index (χ3n) is 6.11. The number of ether oxygens (including phenoxy) is 2. The maximum absolute atomic E-state index is 13.4. The topological polar surface area (TPSA) is 106 Å². The predicted molar refractivity (Wildman–Crippen MR) is 150 cm³/mol. The smallest absolute Gasteiger partial charge is 0.350 e. The van der Waals surface area contributed by atoms with E-state index in [2.05, 4.69) is 11.9 Å². The Hall–Kier alpha value is -4.24. The quantitative estimate of drug-likeness (QED) is 0.179. The van der Waals surface area contributed by atoms with Crippen molar-refractivity contribution in [2.75, 3.05) is 18.1 Å². The zero-order chi connectivity index (χ0) is 27.9. The highest BCUT2D eigenvalue weighted by atomic mass is 32.1. The van der Waals surface area contributed by atoms with Crippen molar-refractivity contribution in [3.8, 4) is 5.75 Å². The highest BCUT2D eigenvalue weighted by Crippen LogP contribution is 2.43. The van der Waals surface area contributed by atoms with Crippen molar-refractivity contribution >= 4 is 40.2 Å². The van der Waals surface area contributed by atoms with Crippen molar-refractivity contribution < 1.29 is 29.0 Å². The molecule has 1 N–H and O–H groups in total. The second-order valence-corrected chi connectivity index (χ2v) is 9.83. The number of benzene rings is 2. The van der Waals surface area contributed by atoms with Crippen molar-refractivity contribution in [1.29, 1.82) is 0 Å². The highest BCUT2D eigenvalue weighted by molar-refractivity contribution is 7.17. The van der Waals surface area contributed by atoms with Crippen LogP contribution in [0.4, 0.5) is 5.13 Å². The third kappa shape index (κ3) is 6.09. The average molecular weight is 547 g/mol. The fraction of sp³-hybridized carbons (Fsp3) is 0.267. The Bertz CT molecular complexity index is 1410. The molecule has 2 aromatic carbocycles. The average Bonchev–Trinajstić information content (AvgIpc) is 3.45. The summed E-state index contributed by atoms with van der Waals surface area (Å²) in [6, 6.07) is 15.3. The molecule has 0 spiro atoms. The van der Waals surface area contributed by atoms with Gasteiger partial charge in [0.25, 0.3) is 5.91 Å². The number of amides is 1. The molecule has 0 fully saturated rings. The van der Waals surface area contributed by atoms with Crippen molar-refractivity contribution in [2.45, 2.75) is 39.7 Å². The summed E-state index contributed by atoms with van der Waals surface area (Å²) in [4.78, 5) is 45.2. The van der Waals surface area contributed by atoms with Gasteiger partial charge in [0.15, 0.2) is 16.7 Å². The summed E-state index contributed by atoms with van der Waals surface area (Å²) >= 11 is 0.977. The van der Waals surface area contributed by atoms with E-state index < -0.39 is 29.5 Å². The van der Waals surface area contributed by atoms with Gasteiger partial charge in [0, 0.05) is 0 Å². The van der Waals surface area contributed by atoms with E-state index in [1.807, 2.05) is 30.3 Å². The van der Waals surface area contributed by atoms with Gasteiger partial charge in [-0.05, 0) is 49.6 Å². The molecule has 0 saturated carbocycles. The van der Waals surface area contributed by atoms with E-state index in [0.717, 1.165) is 29.7 Å². The number of rotatable bonds is 11. The van der Waals surface area contributed by atoms with Crippen LogP contribution >= 0.6 is 11.3 Å². The summed E-state index contributed by atoms with van der Waals surface area (Å²) in [5, 5.41) is 11.1. The Kier molecular flexibility index (Phi) is 8.93. The normalized spacial score (nSPS) is 15.3. The first-order valence-electron chi connectivity index (χ1n) is 12.8. The van der Waals surface area contributed by atoms with E-state index in [4.69, 9.17) is 9.47 Å². The first-order valence-corrected chi connectivity index (χ1v) is 13.6. The monoisotopic (exact) mass is 546 g/mol. The molecule has 0 saturated heterocycles. The van der Waals surface area contributed by atoms with Crippen LogP contribution in [0, 0.1) is 6.92 Å². The van der Waals surface area contributed by atoms with E-state index in [-0.39, 0.29) is 22.2 Å². The lowest BCUT2D eigenvalue weighted by molar-refractivity contribution is -0.117. The van der Waals surface area contributed by atoms with Crippen LogP contribution in [-0.4, -0.2) is 41.0 Å². The van der Waals surface area contributed by atoms with Crippen LogP contribution in [0.5, 0.6) is 5.75 Å². The summed E-state index contributed by atoms with van der Waals surface area (Å²) in [6.07, 6.45) is 4.89. The van der Waals surface area contributed by atoms with Crippen LogP contribution in [0.3, 0.4) is 0 Å². The standard InChI is InChI=1S/C30H30N2O6S/c1-4-6-18-38-22-15-13-21(14-16-22)25-24(23(33)17-12-20-10-8-7-9-11-20)26(34)28(35)32(25)30-31-19(3)27(39-30)29(36)37-5-2/h7-17,25,34H,4-6,18H2,1-3H3. The number of thiazole rings is 1. The van der Waals surface area contributed by atoms with Crippen LogP contribution in [0.25, 0.3) is 6.08 Å². The fourth-order valence-corrected chi connectivity index (χ4v) is 5.13. The lowest BCUT2D eigenvalue weighted by atomic mass is 9.95. The van der Waals surface area contributed by atoms with Gasteiger partial charge in [0.1, 0.15) is 10.6 Å². The Balaban J connectivity index is 1.74. The molecule has 3 aromatic rings. The predicted octanol–water partition coefficient (Wildman–Crippen LogP) is 5.99. The van der Waals surface area contributed by atoms with Gasteiger partial charge >= 0.3 is 5.97 Å². The SMILES string of the molecule is CCCCOc1ccc(C2C(C(=O)C=Cc3ccccc3)=C(O)C(=O)N2c2nc(C)c(C(=O)OCC)s2)cc1. The number of hydrogen-bond donors (Lipinski definition) is 1. The number of carbonyl (C=O) groups excluding carboxylic acids is 3. The number of hydrogen-bond acceptors (Lipinski definition) is 8. The van der Waals surface area contributed by atoms with Crippen LogP contribution < -0.4 is 9.64 Å². The minimum Gasteiger partial charge on any atom is -0.503 e. The molecule has 8 nitrogen and oxygen atoms in total.